The van der Waals surface area contributed by atoms with E-state index < -0.39 is 140 Å². The molecule has 92 heavy (non-hydrogen) atoms. The molecule has 0 bridgehead atoms. The molecule has 14 N–H and O–H groups in total. The van der Waals surface area contributed by atoms with Crippen molar-refractivity contribution in [3.05, 3.63) is 106 Å². The van der Waals surface area contributed by atoms with E-state index in [0.29, 0.717) is 41.5 Å². The number of hydrogen-bond donors (Lipinski definition) is 11. The number of hydrogen-bond acceptors (Lipinski definition) is 19. The van der Waals surface area contributed by atoms with Crippen LogP contribution in [0.4, 0.5) is 5.69 Å². The highest BCUT2D eigenvalue weighted by molar-refractivity contribution is 8.00. The number of phenols is 1. The molecule has 12 amide bonds. The van der Waals surface area contributed by atoms with E-state index in [2.05, 4.69) is 31.9 Å². The van der Waals surface area contributed by atoms with Gasteiger partial charge < -0.3 is 78.4 Å². The van der Waals surface area contributed by atoms with Gasteiger partial charge in [0.2, 0.25) is 70.9 Å². The Hall–Kier alpha value is -10.3. The number of amides is 12. The molecule has 0 aromatic heterocycles. The molecular weight excluding hydrogens is 1220 g/mol. The minimum atomic E-state index is -1.42. The van der Waals surface area contributed by atoms with E-state index in [4.69, 9.17) is 21.6 Å². The van der Waals surface area contributed by atoms with Gasteiger partial charge in [-0.3, -0.25) is 62.3 Å². The molecule has 490 valence electrons. The summed E-state index contributed by atoms with van der Waals surface area (Å²) in [5, 5.41) is 33.6. The molecule has 2 unspecified atom stereocenters. The fourth-order valence-electron chi connectivity index (χ4n) is 9.66. The molecular formula is C61H73N13O17S. The predicted molar refractivity (Wildman–Crippen MR) is 335 cm³/mol. The summed E-state index contributed by atoms with van der Waals surface area (Å²) in [5.74, 6) is -10.8. The zero-order valence-electron chi connectivity index (χ0n) is 50.7. The number of carbonyl (C=O) groups excluding carboxylic acids is 12. The molecule has 2 heterocycles. The Bertz CT molecular complexity index is 3640. The minimum Gasteiger partial charge on any atom is -0.508 e. The van der Waals surface area contributed by atoms with Crippen molar-refractivity contribution < 1.29 is 77.0 Å². The summed E-state index contributed by atoms with van der Waals surface area (Å²) in [5.41, 5.74) is 17.7. The van der Waals surface area contributed by atoms with Gasteiger partial charge in [0.05, 0.1) is 74.9 Å². The third kappa shape index (κ3) is 19.9. The van der Waals surface area contributed by atoms with Crippen LogP contribution in [0.5, 0.6) is 5.75 Å². The molecule has 1 saturated heterocycles. The molecule has 3 aromatic carbocycles. The number of carbonyl (C=O) groups is 13. The number of anilines is 1. The van der Waals surface area contributed by atoms with Crippen LogP contribution in [0.2, 0.25) is 0 Å². The number of primary amides is 1. The fraction of sp³-hybridized carbons (Fsp3) is 0.377. The van der Waals surface area contributed by atoms with E-state index in [-0.39, 0.29) is 83.6 Å². The van der Waals surface area contributed by atoms with Gasteiger partial charge in [0, 0.05) is 53.9 Å². The van der Waals surface area contributed by atoms with Crippen molar-refractivity contribution in [2.75, 3.05) is 89.2 Å². The van der Waals surface area contributed by atoms with Crippen molar-refractivity contribution in [3.8, 4) is 28.2 Å². The number of unbranched alkanes of at least 4 members (excludes halogenated alkanes) is 1. The lowest BCUT2D eigenvalue weighted by atomic mass is 9.90. The quantitative estimate of drug-likeness (QED) is 0.0129. The van der Waals surface area contributed by atoms with E-state index >= 15 is 0 Å². The van der Waals surface area contributed by atoms with Crippen LogP contribution in [0.1, 0.15) is 62.0 Å². The smallest absolute Gasteiger partial charge is 0.336 e. The number of nitrogens with two attached hydrogens (primary N) is 3. The molecule has 0 spiro atoms. The molecule has 3 aliphatic rings. The Morgan fingerprint density at radius 1 is 0.674 bits per heavy atom. The maximum atomic E-state index is 14.1. The number of imide groups is 1. The Kier molecular flexibility index (Phi) is 25.8. The van der Waals surface area contributed by atoms with Crippen LogP contribution in [0.15, 0.2) is 94.1 Å². The van der Waals surface area contributed by atoms with Crippen molar-refractivity contribution in [3.63, 3.8) is 0 Å². The zero-order chi connectivity index (χ0) is 67.3. The highest BCUT2D eigenvalue weighted by Gasteiger charge is 2.41. The third-order valence-corrected chi connectivity index (χ3v) is 15.6. The number of nitrogens with zero attached hydrogens (tertiary/aromatic N) is 4. The van der Waals surface area contributed by atoms with Gasteiger partial charge >= 0.3 is 5.97 Å². The van der Waals surface area contributed by atoms with Gasteiger partial charge in [-0.1, -0.05) is 50.2 Å². The Labute approximate surface area is 531 Å². The highest BCUT2D eigenvalue weighted by atomic mass is 32.2. The highest BCUT2D eigenvalue weighted by Crippen LogP contribution is 2.43. The number of aromatic carboxylic acids is 1. The van der Waals surface area contributed by atoms with Crippen molar-refractivity contribution in [1.29, 1.82) is 0 Å². The zero-order valence-corrected chi connectivity index (χ0v) is 51.5. The second-order valence-corrected chi connectivity index (χ2v) is 22.9. The largest absolute Gasteiger partial charge is 0.508 e. The number of carboxylic acids is 1. The van der Waals surface area contributed by atoms with Gasteiger partial charge in [0.15, 0.2) is 5.43 Å². The van der Waals surface area contributed by atoms with Crippen LogP contribution in [0.3, 0.4) is 0 Å². The first kappa shape index (κ1) is 70.8. The number of aromatic hydroxyl groups is 1. The predicted octanol–water partition coefficient (Wildman–Crippen LogP) is -1.51. The number of rotatable bonds is 33. The summed E-state index contributed by atoms with van der Waals surface area (Å²) in [6.45, 7) is 1.26. The maximum Gasteiger partial charge on any atom is 0.336 e. The molecule has 0 saturated carbocycles. The van der Waals surface area contributed by atoms with E-state index in [0.717, 1.165) is 22.7 Å². The molecule has 3 atom stereocenters. The first-order valence-corrected chi connectivity index (χ1v) is 30.1. The summed E-state index contributed by atoms with van der Waals surface area (Å²) in [6.07, 6.45) is 0.628. The number of carboxylic acid groups (broad SMARTS) is 1. The lowest BCUT2D eigenvalue weighted by Gasteiger charge is -2.33. The first-order chi connectivity index (χ1) is 43.8. The molecule has 30 nitrogen and oxygen atoms in total. The van der Waals surface area contributed by atoms with E-state index in [1.165, 1.54) is 63.2 Å². The van der Waals surface area contributed by atoms with Crippen LogP contribution in [-0.4, -0.2) is 197 Å². The average Bonchev–Trinajstić information content (AvgIpc) is 0.861. The van der Waals surface area contributed by atoms with Crippen LogP contribution in [0.25, 0.3) is 33.4 Å². The standard InChI is InChI=1S/C61H73N13O17S/c1-34(2)29-72(55(84)23-63)31-56(85)71(18-8-7-17-62)32-57(86)73(35(3)36-9-5-4-6-10-36)30-53(82)69-27-51(80)67-25-49(78)65-24-48(77)66-26-50(79)68-28-52(81)70-44(59(64)87)33-92-47-22-54(83)74(60(47)88)37-11-14-40(43(19-37)61(89)90)58-41-15-12-38(75)20-45(41)91-46-21-39(76)13-16-42(46)58/h4-6,9-16,19-21,34-35,44,47,75H,7-8,17-18,22-33,62-63H2,1-3H3,(H2,64,87)(H,65,78)(H,66,77)(H,67,80)(H,68,79)(H,69,82)(H,70,81)(H,89,90)/t35-,44?,47?/m1/s1. The van der Waals surface area contributed by atoms with Gasteiger partial charge in [0.25, 0.3) is 0 Å². The summed E-state index contributed by atoms with van der Waals surface area (Å²) >= 11 is 0.815. The molecule has 31 heteroatoms. The second kappa shape index (κ2) is 33.5. The van der Waals surface area contributed by atoms with Crippen LogP contribution >= 0.6 is 11.8 Å². The van der Waals surface area contributed by atoms with E-state index in [1.54, 1.807) is 37.3 Å². The van der Waals surface area contributed by atoms with E-state index in [1.807, 2.05) is 13.8 Å². The topological polar surface area (TPSA) is 456 Å². The van der Waals surface area contributed by atoms with E-state index in [9.17, 15) is 77.3 Å². The lowest BCUT2D eigenvalue weighted by Crippen LogP contribution is -2.51. The first-order valence-electron chi connectivity index (χ1n) is 29.1. The SMILES string of the molecule is CC(C)CN(CC(=O)N(CCCCN)CC(=O)N(CC(=O)NCC(=O)NCC(=O)NCC(=O)NCC(=O)NCC(=O)NC(CSC1CC(=O)N(c2ccc(-c3c4ccc(=O)cc-4oc4cc(O)ccc34)c(C(=O)O)c2)C1=O)C(N)=O)[C@H](C)c1ccccc1)C(=O)CN. The molecule has 1 aliphatic carbocycles. The lowest BCUT2D eigenvalue weighted by molar-refractivity contribution is -0.146. The van der Waals surface area contributed by atoms with Gasteiger partial charge in [-0.2, -0.15) is 0 Å². The Balaban J connectivity index is 0.919. The number of benzene rings is 4. The normalized spacial score (nSPS) is 13.4. The van der Waals surface area contributed by atoms with Crippen molar-refractivity contribution >= 4 is 105 Å². The van der Waals surface area contributed by atoms with Gasteiger partial charge in [0.1, 0.15) is 29.7 Å². The van der Waals surface area contributed by atoms with Crippen LogP contribution < -0.4 is 59.4 Å². The maximum absolute atomic E-state index is 14.1. The number of fused-ring (bicyclic) bond motifs is 2. The molecule has 3 aromatic rings. The Morgan fingerprint density at radius 2 is 1.27 bits per heavy atom. The fourth-order valence-corrected chi connectivity index (χ4v) is 10.8. The minimum absolute atomic E-state index is 0.0189. The summed E-state index contributed by atoms with van der Waals surface area (Å²) in [4.78, 5) is 186. The van der Waals surface area contributed by atoms with Gasteiger partial charge in [-0.05, 0) is 79.8 Å². The number of nitrogens with one attached hydrogen (secondary N) is 6. The summed E-state index contributed by atoms with van der Waals surface area (Å²) in [6, 6.07) is 18.7. The van der Waals surface area contributed by atoms with Crippen molar-refractivity contribution in [2.45, 2.75) is 57.4 Å². The molecule has 6 rings (SSSR count). The summed E-state index contributed by atoms with van der Waals surface area (Å²) < 4.78 is 5.87. The van der Waals surface area contributed by atoms with Crippen molar-refractivity contribution in [2.24, 2.45) is 23.1 Å². The molecule has 0 radical (unpaired) electrons. The Morgan fingerprint density at radius 3 is 1.86 bits per heavy atom. The van der Waals surface area contributed by atoms with Crippen LogP contribution in [0, 0.1) is 5.92 Å². The van der Waals surface area contributed by atoms with Crippen molar-refractivity contribution in [1.82, 2.24) is 46.6 Å². The number of phenolic OH excluding ortho intramolecular Hbond substituents is 1. The molecule has 2 aliphatic heterocycles. The monoisotopic (exact) mass is 1290 g/mol. The molecule has 1 fully saturated rings. The van der Waals surface area contributed by atoms with Crippen LogP contribution in [-0.2, 0) is 57.5 Å². The number of thioether (sulfide) groups is 1. The van der Waals surface area contributed by atoms with Gasteiger partial charge in [-0.15, -0.1) is 11.8 Å². The summed E-state index contributed by atoms with van der Waals surface area (Å²) in [7, 11) is 0. The average molecular weight is 1290 g/mol. The van der Waals surface area contributed by atoms with Gasteiger partial charge in [-0.25, -0.2) is 9.69 Å². The third-order valence-electron chi connectivity index (χ3n) is 14.3. The second-order valence-electron chi connectivity index (χ2n) is 21.6.